The van der Waals surface area contributed by atoms with Gasteiger partial charge in [0, 0.05) is 31.2 Å². The second-order valence-electron chi connectivity index (χ2n) is 6.90. The first-order valence-electron chi connectivity index (χ1n) is 9.03. The van der Waals surface area contributed by atoms with Crippen molar-refractivity contribution in [2.45, 2.75) is 23.6 Å². The van der Waals surface area contributed by atoms with Crippen molar-refractivity contribution in [1.29, 1.82) is 0 Å². The molecule has 0 aliphatic carbocycles. The van der Waals surface area contributed by atoms with Crippen molar-refractivity contribution in [2.24, 2.45) is 5.92 Å². The Bertz CT molecular complexity index is 1060. The van der Waals surface area contributed by atoms with E-state index in [1.54, 1.807) is 41.8 Å². The fourth-order valence-electron chi connectivity index (χ4n) is 3.19. The maximum atomic E-state index is 12.6. The SMILES string of the molecule is CS(=O)(=O)Nc1cccc(CNC(=O)C2CCN(S(=O)(=O)c3cccs3)CC2)c1. The zero-order chi connectivity index (χ0) is 21.1. The average molecular weight is 458 g/mol. The molecule has 1 aliphatic heterocycles. The van der Waals surface area contributed by atoms with E-state index in [9.17, 15) is 21.6 Å². The van der Waals surface area contributed by atoms with Crippen molar-refractivity contribution in [3.8, 4) is 0 Å². The van der Waals surface area contributed by atoms with Crippen molar-refractivity contribution < 1.29 is 21.6 Å². The highest BCUT2D eigenvalue weighted by Gasteiger charge is 2.32. The summed E-state index contributed by atoms with van der Waals surface area (Å²) in [5, 5.41) is 4.59. The molecule has 8 nitrogen and oxygen atoms in total. The number of anilines is 1. The molecule has 11 heteroatoms. The summed E-state index contributed by atoms with van der Waals surface area (Å²) in [5.74, 6) is -0.373. The van der Waals surface area contributed by atoms with Gasteiger partial charge < -0.3 is 5.32 Å². The highest BCUT2D eigenvalue weighted by Crippen LogP contribution is 2.26. The molecule has 158 valence electrons. The lowest BCUT2D eigenvalue weighted by molar-refractivity contribution is -0.126. The highest BCUT2D eigenvalue weighted by molar-refractivity contribution is 7.92. The molecule has 2 N–H and O–H groups in total. The van der Waals surface area contributed by atoms with Gasteiger partial charge in [-0.1, -0.05) is 18.2 Å². The summed E-state index contributed by atoms with van der Waals surface area (Å²) in [4.78, 5) is 12.5. The molecule has 0 bridgehead atoms. The van der Waals surface area contributed by atoms with Gasteiger partial charge in [-0.2, -0.15) is 4.31 Å². The molecule has 1 aliphatic rings. The number of nitrogens with zero attached hydrogens (tertiary/aromatic N) is 1. The zero-order valence-electron chi connectivity index (χ0n) is 15.9. The standard InChI is InChI=1S/C18H23N3O5S3/c1-28(23,24)20-16-5-2-4-14(12-16)13-19-18(22)15-7-9-21(10-8-15)29(25,26)17-6-3-11-27-17/h2-6,11-12,15,20H,7-10,13H2,1H3,(H,19,22). The van der Waals surface area contributed by atoms with Gasteiger partial charge in [0.05, 0.1) is 6.26 Å². The summed E-state index contributed by atoms with van der Waals surface area (Å²) < 4.78 is 51.9. The van der Waals surface area contributed by atoms with E-state index >= 15 is 0 Å². The van der Waals surface area contributed by atoms with Gasteiger partial charge in [-0.3, -0.25) is 9.52 Å². The number of carbonyl (C=O) groups is 1. The molecule has 1 amide bonds. The molecular formula is C18H23N3O5S3. The predicted octanol–water partition coefficient (Wildman–Crippen LogP) is 1.84. The number of thiophene rings is 1. The Kier molecular flexibility index (Phi) is 6.62. The quantitative estimate of drug-likeness (QED) is 0.659. The molecule has 1 fully saturated rings. The lowest BCUT2D eigenvalue weighted by atomic mass is 9.97. The van der Waals surface area contributed by atoms with Crippen LogP contribution in [0.5, 0.6) is 0 Å². The molecule has 3 rings (SSSR count). The second kappa shape index (κ2) is 8.82. The summed E-state index contributed by atoms with van der Waals surface area (Å²) in [6.07, 6.45) is 2.00. The summed E-state index contributed by atoms with van der Waals surface area (Å²) in [5.41, 5.74) is 1.20. The highest BCUT2D eigenvalue weighted by atomic mass is 32.2. The van der Waals surface area contributed by atoms with Crippen LogP contribution in [0.15, 0.2) is 46.0 Å². The van der Waals surface area contributed by atoms with Crippen molar-refractivity contribution in [1.82, 2.24) is 9.62 Å². The van der Waals surface area contributed by atoms with E-state index < -0.39 is 20.0 Å². The maximum absolute atomic E-state index is 12.6. The van der Waals surface area contributed by atoms with E-state index in [2.05, 4.69) is 10.0 Å². The molecule has 1 saturated heterocycles. The monoisotopic (exact) mass is 457 g/mol. The first kappa shape index (κ1) is 21.8. The lowest BCUT2D eigenvalue weighted by Crippen LogP contribution is -2.42. The van der Waals surface area contributed by atoms with Gasteiger partial charge in [0.25, 0.3) is 10.0 Å². The molecule has 1 aromatic carbocycles. The minimum atomic E-state index is -3.48. The molecule has 1 aromatic heterocycles. The molecule has 2 heterocycles. The van der Waals surface area contributed by atoms with Crippen LogP contribution in [0.4, 0.5) is 5.69 Å². The summed E-state index contributed by atoms with van der Waals surface area (Å²) in [6, 6.07) is 10.1. The maximum Gasteiger partial charge on any atom is 0.252 e. The topological polar surface area (TPSA) is 113 Å². The first-order chi connectivity index (χ1) is 13.6. The van der Waals surface area contributed by atoms with Gasteiger partial charge >= 0.3 is 0 Å². The van der Waals surface area contributed by atoms with Crippen LogP contribution in [0.1, 0.15) is 18.4 Å². The molecule has 0 atom stereocenters. The Labute approximate surface area is 175 Å². The molecule has 2 aromatic rings. The predicted molar refractivity (Wildman–Crippen MR) is 113 cm³/mol. The van der Waals surface area contributed by atoms with Gasteiger partial charge in [-0.15, -0.1) is 11.3 Å². The van der Waals surface area contributed by atoms with Crippen LogP contribution in [-0.2, 0) is 31.4 Å². The number of piperidine rings is 1. The van der Waals surface area contributed by atoms with Gasteiger partial charge in [0.1, 0.15) is 4.21 Å². The molecule has 0 saturated carbocycles. The normalized spacial score (nSPS) is 16.4. The minimum absolute atomic E-state index is 0.125. The van der Waals surface area contributed by atoms with Gasteiger partial charge in [-0.05, 0) is 42.0 Å². The molecule has 0 radical (unpaired) electrons. The van der Waals surface area contributed by atoms with Crippen LogP contribution in [-0.4, -0.2) is 46.4 Å². The number of sulfonamides is 2. The second-order valence-corrected chi connectivity index (χ2v) is 11.8. The van der Waals surface area contributed by atoms with E-state index in [1.165, 1.54) is 15.6 Å². The first-order valence-corrected chi connectivity index (χ1v) is 13.2. The Morgan fingerprint density at radius 2 is 1.86 bits per heavy atom. The number of nitrogens with one attached hydrogen (secondary N) is 2. The lowest BCUT2D eigenvalue weighted by Gasteiger charge is -2.30. The van der Waals surface area contributed by atoms with Crippen LogP contribution in [0, 0.1) is 5.92 Å². The van der Waals surface area contributed by atoms with Gasteiger partial charge in [0.15, 0.2) is 0 Å². The van der Waals surface area contributed by atoms with Crippen LogP contribution in [0.3, 0.4) is 0 Å². The Hall–Kier alpha value is -1.95. The van der Waals surface area contributed by atoms with Crippen molar-refractivity contribution >= 4 is 43.0 Å². The van der Waals surface area contributed by atoms with Gasteiger partial charge in [-0.25, -0.2) is 16.8 Å². The van der Waals surface area contributed by atoms with Crippen LogP contribution in [0.25, 0.3) is 0 Å². The van der Waals surface area contributed by atoms with E-state index in [-0.39, 0.29) is 18.4 Å². The van der Waals surface area contributed by atoms with Crippen molar-refractivity contribution in [3.05, 3.63) is 47.3 Å². The van der Waals surface area contributed by atoms with Crippen LogP contribution in [0.2, 0.25) is 0 Å². The number of hydrogen-bond acceptors (Lipinski definition) is 6. The van der Waals surface area contributed by atoms with E-state index in [1.807, 2.05) is 0 Å². The van der Waals surface area contributed by atoms with Gasteiger partial charge in [0.2, 0.25) is 15.9 Å². The number of hydrogen-bond donors (Lipinski definition) is 2. The van der Waals surface area contributed by atoms with Crippen molar-refractivity contribution in [3.63, 3.8) is 0 Å². The number of benzene rings is 1. The zero-order valence-corrected chi connectivity index (χ0v) is 18.3. The van der Waals surface area contributed by atoms with E-state index in [0.29, 0.717) is 35.8 Å². The third-order valence-electron chi connectivity index (χ3n) is 4.61. The Morgan fingerprint density at radius 1 is 1.14 bits per heavy atom. The minimum Gasteiger partial charge on any atom is -0.352 e. The molecule has 0 unspecified atom stereocenters. The van der Waals surface area contributed by atoms with E-state index in [4.69, 9.17) is 0 Å². The van der Waals surface area contributed by atoms with E-state index in [0.717, 1.165) is 11.8 Å². The number of rotatable bonds is 7. The summed E-state index contributed by atoms with van der Waals surface area (Å²) in [7, 11) is -6.85. The third-order valence-corrected chi connectivity index (χ3v) is 8.49. The third kappa shape index (κ3) is 5.78. The molecular weight excluding hydrogens is 434 g/mol. The fraction of sp³-hybridized carbons (Fsp3) is 0.389. The molecule has 0 spiro atoms. The number of amides is 1. The number of carbonyl (C=O) groups excluding carboxylic acids is 1. The fourth-order valence-corrected chi connectivity index (χ4v) is 6.36. The smallest absolute Gasteiger partial charge is 0.252 e. The Morgan fingerprint density at radius 3 is 2.48 bits per heavy atom. The summed E-state index contributed by atoms with van der Waals surface area (Å²) in [6.45, 7) is 0.893. The van der Waals surface area contributed by atoms with Crippen LogP contribution < -0.4 is 10.0 Å². The van der Waals surface area contributed by atoms with Crippen molar-refractivity contribution in [2.75, 3.05) is 24.1 Å². The average Bonchev–Trinajstić information content (AvgIpc) is 3.21. The van der Waals surface area contributed by atoms with Crippen LogP contribution >= 0.6 is 11.3 Å². The molecule has 29 heavy (non-hydrogen) atoms. The Balaban J connectivity index is 1.52. The summed E-state index contributed by atoms with van der Waals surface area (Å²) >= 11 is 1.19. The largest absolute Gasteiger partial charge is 0.352 e.